The predicted molar refractivity (Wildman–Crippen MR) is 115 cm³/mol. The first kappa shape index (κ1) is 21.6. The summed E-state index contributed by atoms with van der Waals surface area (Å²) < 4.78 is 5.21. The zero-order valence-electron chi connectivity index (χ0n) is 17.1. The van der Waals surface area contributed by atoms with Crippen molar-refractivity contribution in [2.45, 2.75) is 38.5 Å². The molecule has 0 atom stereocenters. The molecule has 0 aliphatic carbocycles. The number of anilines is 1. The van der Waals surface area contributed by atoms with Gasteiger partial charge < -0.3 is 15.0 Å². The molecule has 1 saturated heterocycles. The Labute approximate surface area is 177 Å². The third-order valence-corrected chi connectivity index (χ3v) is 5.10. The Bertz CT molecular complexity index is 861. The minimum atomic E-state index is -0.389. The second-order valence-corrected chi connectivity index (χ2v) is 7.40. The summed E-state index contributed by atoms with van der Waals surface area (Å²) in [6.45, 7) is 1.83. The summed E-state index contributed by atoms with van der Waals surface area (Å²) in [7, 11) is 0. The molecule has 2 amide bonds. The van der Waals surface area contributed by atoms with Crippen LogP contribution in [-0.4, -0.2) is 42.4 Å². The molecule has 2 aromatic carbocycles. The van der Waals surface area contributed by atoms with E-state index in [1.54, 1.807) is 29.2 Å². The van der Waals surface area contributed by atoms with Crippen molar-refractivity contribution in [2.24, 2.45) is 0 Å². The number of carbonyl (C=O) groups is 3. The van der Waals surface area contributed by atoms with Crippen molar-refractivity contribution in [1.29, 1.82) is 0 Å². The van der Waals surface area contributed by atoms with Crippen molar-refractivity contribution in [3.05, 3.63) is 65.7 Å². The lowest BCUT2D eigenvalue weighted by molar-refractivity contribution is -0.144. The van der Waals surface area contributed by atoms with Crippen LogP contribution in [0.25, 0.3) is 0 Å². The fourth-order valence-corrected chi connectivity index (χ4v) is 3.48. The van der Waals surface area contributed by atoms with Crippen molar-refractivity contribution < 1.29 is 19.1 Å². The Morgan fingerprint density at radius 2 is 1.60 bits per heavy atom. The zero-order chi connectivity index (χ0) is 21.2. The van der Waals surface area contributed by atoms with Crippen molar-refractivity contribution in [1.82, 2.24) is 4.90 Å². The lowest BCUT2D eigenvalue weighted by Gasteiger charge is -2.18. The highest BCUT2D eigenvalue weighted by atomic mass is 16.5. The molecule has 6 heteroatoms. The van der Waals surface area contributed by atoms with Crippen molar-refractivity contribution in [3.8, 4) is 0 Å². The van der Waals surface area contributed by atoms with Gasteiger partial charge in [-0.25, -0.2) is 0 Å². The number of nitrogens with one attached hydrogen (secondary N) is 1. The SMILES string of the molecule is O=C(CCC(=O)OCCCc1ccccc1)Nc1ccccc1C(=O)N1CCCC1. The number of amides is 2. The summed E-state index contributed by atoms with van der Waals surface area (Å²) in [4.78, 5) is 38.7. The van der Waals surface area contributed by atoms with Crippen LogP contribution in [0.2, 0.25) is 0 Å². The van der Waals surface area contributed by atoms with E-state index in [0.29, 0.717) is 17.9 Å². The number of rotatable bonds is 9. The van der Waals surface area contributed by atoms with Gasteiger partial charge in [0.05, 0.1) is 24.3 Å². The molecule has 0 unspecified atom stereocenters. The minimum absolute atomic E-state index is 0.0133. The number of para-hydroxylation sites is 1. The Morgan fingerprint density at radius 1 is 0.900 bits per heavy atom. The van der Waals surface area contributed by atoms with E-state index in [0.717, 1.165) is 38.8 Å². The number of carbonyl (C=O) groups excluding carboxylic acids is 3. The van der Waals surface area contributed by atoms with Gasteiger partial charge in [0, 0.05) is 19.5 Å². The van der Waals surface area contributed by atoms with Gasteiger partial charge in [-0.05, 0) is 43.4 Å². The van der Waals surface area contributed by atoms with Gasteiger partial charge in [-0.15, -0.1) is 0 Å². The molecular formula is C24H28N2O4. The average molecular weight is 408 g/mol. The van der Waals surface area contributed by atoms with Crippen LogP contribution in [0.15, 0.2) is 54.6 Å². The molecule has 1 fully saturated rings. The number of hydrogen-bond donors (Lipinski definition) is 1. The molecule has 0 spiro atoms. The largest absolute Gasteiger partial charge is 0.466 e. The first-order valence-corrected chi connectivity index (χ1v) is 10.5. The van der Waals surface area contributed by atoms with E-state index >= 15 is 0 Å². The smallest absolute Gasteiger partial charge is 0.306 e. The van der Waals surface area contributed by atoms with Crippen LogP contribution in [0.3, 0.4) is 0 Å². The molecule has 1 aliphatic heterocycles. The highest BCUT2D eigenvalue weighted by Gasteiger charge is 2.22. The van der Waals surface area contributed by atoms with E-state index in [1.807, 2.05) is 30.3 Å². The minimum Gasteiger partial charge on any atom is -0.466 e. The molecule has 0 aromatic heterocycles. The molecule has 3 rings (SSSR count). The van der Waals surface area contributed by atoms with E-state index in [-0.39, 0.29) is 30.6 Å². The van der Waals surface area contributed by atoms with Crippen LogP contribution < -0.4 is 5.32 Å². The van der Waals surface area contributed by atoms with E-state index in [2.05, 4.69) is 5.32 Å². The van der Waals surface area contributed by atoms with Gasteiger partial charge in [0.2, 0.25) is 5.91 Å². The summed E-state index contributed by atoms with van der Waals surface area (Å²) in [6, 6.07) is 17.0. The molecule has 0 bridgehead atoms. The summed E-state index contributed by atoms with van der Waals surface area (Å²) in [6.07, 6.45) is 3.63. The van der Waals surface area contributed by atoms with Crippen LogP contribution in [-0.2, 0) is 20.7 Å². The quantitative estimate of drug-likeness (QED) is 0.506. The van der Waals surface area contributed by atoms with E-state index < -0.39 is 0 Å². The molecule has 1 heterocycles. The third kappa shape index (κ3) is 6.44. The molecule has 1 N–H and O–H groups in total. The first-order chi connectivity index (χ1) is 14.6. The lowest BCUT2D eigenvalue weighted by atomic mass is 10.1. The second-order valence-electron chi connectivity index (χ2n) is 7.40. The van der Waals surface area contributed by atoms with Gasteiger partial charge >= 0.3 is 5.97 Å². The van der Waals surface area contributed by atoms with Crippen LogP contribution in [0.1, 0.15) is 48.0 Å². The number of ether oxygens (including phenoxy) is 1. The number of esters is 1. The zero-order valence-corrected chi connectivity index (χ0v) is 17.1. The van der Waals surface area contributed by atoms with Gasteiger partial charge in [-0.3, -0.25) is 14.4 Å². The number of nitrogens with zero attached hydrogens (tertiary/aromatic N) is 1. The van der Waals surface area contributed by atoms with Crippen LogP contribution in [0.5, 0.6) is 0 Å². The second kappa shape index (κ2) is 11.1. The standard InChI is InChI=1S/C24H28N2O4/c27-22(14-15-23(28)30-18-8-11-19-9-2-1-3-10-19)25-21-13-5-4-12-20(21)24(29)26-16-6-7-17-26/h1-5,9-10,12-13H,6-8,11,14-18H2,(H,25,27). The summed E-state index contributed by atoms with van der Waals surface area (Å²) in [5.74, 6) is -0.765. The lowest BCUT2D eigenvalue weighted by Crippen LogP contribution is -2.28. The number of hydrogen-bond acceptors (Lipinski definition) is 4. The van der Waals surface area contributed by atoms with E-state index in [1.165, 1.54) is 5.56 Å². The number of aryl methyl sites for hydroxylation is 1. The Balaban J connectivity index is 1.40. The van der Waals surface area contributed by atoms with Gasteiger partial charge in [0.25, 0.3) is 5.91 Å². The van der Waals surface area contributed by atoms with E-state index in [9.17, 15) is 14.4 Å². The fourth-order valence-electron chi connectivity index (χ4n) is 3.48. The Hall–Kier alpha value is -3.15. The molecule has 2 aromatic rings. The summed E-state index contributed by atoms with van der Waals surface area (Å²) in [5, 5.41) is 2.76. The Kier molecular flexibility index (Phi) is 8.01. The fraction of sp³-hybridized carbons (Fsp3) is 0.375. The monoisotopic (exact) mass is 408 g/mol. The van der Waals surface area contributed by atoms with E-state index in [4.69, 9.17) is 4.74 Å². The van der Waals surface area contributed by atoms with Crippen LogP contribution in [0, 0.1) is 0 Å². The average Bonchev–Trinajstić information content (AvgIpc) is 3.31. The maximum absolute atomic E-state index is 12.7. The van der Waals surface area contributed by atoms with Gasteiger partial charge in [-0.2, -0.15) is 0 Å². The first-order valence-electron chi connectivity index (χ1n) is 10.5. The molecular weight excluding hydrogens is 380 g/mol. The number of benzene rings is 2. The van der Waals surface area contributed by atoms with Gasteiger partial charge in [-0.1, -0.05) is 42.5 Å². The molecule has 158 valence electrons. The molecule has 6 nitrogen and oxygen atoms in total. The highest BCUT2D eigenvalue weighted by molar-refractivity contribution is 6.04. The number of likely N-dealkylation sites (tertiary alicyclic amines) is 1. The van der Waals surface area contributed by atoms with Crippen LogP contribution in [0.4, 0.5) is 5.69 Å². The normalized spacial score (nSPS) is 13.1. The maximum Gasteiger partial charge on any atom is 0.306 e. The highest BCUT2D eigenvalue weighted by Crippen LogP contribution is 2.20. The van der Waals surface area contributed by atoms with Crippen LogP contribution >= 0.6 is 0 Å². The molecule has 0 saturated carbocycles. The topological polar surface area (TPSA) is 75.7 Å². The Morgan fingerprint density at radius 3 is 2.37 bits per heavy atom. The molecule has 0 radical (unpaired) electrons. The van der Waals surface area contributed by atoms with Crippen molar-refractivity contribution in [3.63, 3.8) is 0 Å². The molecule has 1 aliphatic rings. The third-order valence-electron chi connectivity index (χ3n) is 5.10. The van der Waals surface area contributed by atoms with Gasteiger partial charge in [0.15, 0.2) is 0 Å². The summed E-state index contributed by atoms with van der Waals surface area (Å²) in [5.41, 5.74) is 2.17. The molecule has 30 heavy (non-hydrogen) atoms. The maximum atomic E-state index is 12.7. The predicted octanol–water partition coefficient (Wildman–Crippen LogP) is 3.82. The summed E-state index contributed by atoms with van der Waals surface area (Å²) >= 11 is 0. The van der Waals surface area contributed by atoms with Crippen molar-refractivity contribution in [2.75, 3.05) is 25.0 Å². The van der Waals surface area contributed by atoms with Gasteiger partial charge in [0.1, 0.15) is 0 Å². The van der Waals surface area contributed by atoms with Crippen molar-refractivity contribution >= 4 is 23.5 Å².